The van der Waals surface area contributed by atoms with Gasteiger partial charge < -0.3 is 75.5 Å². The molecule has 0 amide bonds. The van der Waals surface area contributed by atoms with Crippen molar-refractivity contribution in [3.05, 3.63) is 0 Å². The zero-order chi connectivity index (χ0) is 23.9. The third-order valence-electron chi connectivity index (χ3n) is 4.89. The summed E-state index contributed by atoms with van der Waals surface area (Å²) in [6.45, 7) is -3.37. The van der Waals surface area contributed by atoms with Gasteiger partial charge in [-0.1, -0.05) is 0 Å². The summed E-state index contributed by atoms with van der Waals surface area (Å²) >= 11 is 0. The van der Waals surface area contributed by atoms with Gasteiger partial charge >= 0.3 is 0 Å². The van der Waals surface area contributed by atoms with Gasteiger partial charge in [-0.3, -0.25) is 0 Å². The summed E-state index contributed by atoms with van der Waals surface area (Å²) in [5.41, 5.74) is 0. The molecule has 0 aromatic rings. The molecule has 2 aliphatic heterocycles. The highest BCUT2D eigenvalue weighted by molar-refractivity contribution is 4.98. The minimum atomic E-state index is -2.22. The van der Waals surface area contributed by atoms with Gasteiger partial charge in [-0.25, -0.2) is 0 Å². The van der Waals surface area contributed by atoms with Crippen LogP contribution in [-0.2, 0) is 14.2 Å². The maximum atomic E-state index is 10.00. The maximum Gasteiger partial charge on any atom is 0.224 e. The molecular weight excluding hydrogens is 432 g/mol. The minimum Gasteiger partial charge on any atom is -0.394 e. The zero-order valence-corrected chi connectivity index (χ0v) is 16.4. The van der Waals surface area contributed by atoms with E-state index in [-0.39, 0.29) is 0 Å². The van der Waals surface area contributed by atoms with E-state index in [1.54, 1.807) is 0 Å². The van der Waals surface area contributed by atoms with Gasteiger partial charge in [0.15, 0.2) is 6.29 Å². The Labute approximate surface area is 176 Å². The first-order valence-electron chi connectivity index (χ1n) is 9.35. The van der Waals surface area contributed by atoms with Crippen LogP contribution in [0.1, 0.15) is 0 Å². The quantitative estimate of drug-likeness (QED) is 0.159. The van der Waals surface area contributed by atoms with Crippen molar-refractivity contribution in [1.29, 1.82) is 0 Å². The molecule has 2 heterocycles. The van der Waals surface area contributed by atoms with Crippen molar-refractivity contribution >= 4 is 0 Å². The Morgan fingerprint density at radius 2 is 1.23 bits per heavy atom. The molecule has 2 saturated heterocycles. The SMILES string of the molecule is OCC(O)C(O)CO.OC[C@H]1O[C@@](CO)(O[C@H]2O[C@H](CO)[C@@H](O)[C@H](O)[C@H]2O)[C@@H](O)[C@@H]1O. The third kappa shape index (κ3) is 6.47. The summed E-state index contributed by atoms with van der Waals surface area (Å²) in [6.07, 6.45) is -15.1. The van der Waals surface area contributed by atoms with E-state index in [2.05, 4.69) is 0 Å². The average molecular weight is 464 g/mol. The summed E-state index contributed by atoms with van der Waals surface area (Å²) in [4.78, 5) is 0. The van der Waals surface area contributed by atoms with E-state index in [0.29, 0.717) is 0 Å². The highest BCUT2D eigenvalue weighted by Gasteiger charge is 2.58. The van der Waals surface area contributed by atoms with E-state index in [1.807, 2.05) is 0 Å². The predicted octanol–water partition coefficient (Wildman–Crippen LogP) is -7.70. The number of hydrogen-bond donors (Lipinski definition) is 12. The number of rotatable bonds is 8. The molecule has 11 atom stereocenters. The monoisotopic (exact) mass is 464 g/mol. The Morgan fingerprint density at radius 3 is 1.61 bits per heavy atom. The van der Waals surface area contributed by atoms with Crippen LogP contribution < -0.4 is 0 Å². The molecule has 0 spiro atoms. The van der Waals surface area contributed by atoms with Crippen LogP contribution in [-0.4, -0.2) is 161 Å². The summed E-state index contributed by atoms with van der Waals surface area (Å²) in [5, 5.41) is 110. The average Bonchev–Trinajstić information content (AvgIpc) is 3.03. The van der Waals surface area contributed by atoms with Crippen molar-refractivity contribution < 1.29 is 75.5 Å². The van der Waals surface area contributed by atoms with Gasteiger partial charge in [-0.15, -0.1) is 0 Å². The molecule has 2 rings (SSSR count). The Hall–Kier alpha value is -0.600. The molecule has 15 nitrogen and oxygen atoms in total. The maximum absolute atomic E-state index is 10.00. The Bertz CT molecular complexity index is 501. The first-order chi connectivity index (χ1) is 14.5. The number of aliphatic hydroxyl groups is 12. The number of hydrogen-bond acceptors (Lipinski definition) is 15. The lowest BCUT2D eigenvalue weighted by Crippen LogP contribution is -2.62. The highest BCUT2D eigenvalue weighted by atomic mass is 16.8. The van der Waals surface area contributed by atoms with Crippen LogP contribution in [0.5, 0.6) is 0 Å². The molecule has 0 bridgehead atoms. The molecule has 0 radical (unpaired) electrons. The van der Waals surface area contributed by atoms with Crippen molar-refractivity contribution in [2.24, 2.45) is 0 Å². The predicted molar refractivity (Wildman–Crippen MR) is 94.8 cm³/mol. The van der Waals surface area contributed by atoms with Crippen LogP contribution in [0.15, 0.2) is 0 Å². The van der Waals surface area contributed by atoms with Gasteiger partial charge in [0.25, 0.3) is 0 Å². The van der Waals surface area contributed by atoms with Crippen LogP contribution in [0, 0.1) is 0 Å². The second-order valence-electron chi connectivity index (χ2n) is 7.06. The van der Waals surface area contributed by atoms with E-state index in [4.69, 9.17) is 44.8 Å². The highest BCUT2D eigenvalue weighted by Crippen LogP contribution is 2.35. The van der Waals surface area contributed by atoms with Crippen molar-refractivity contribution in [3.8, 4) is 0 Å². The second kappa shape index (κ2) is 12.6. The molecule has 0 aliphatic carbocycles. The summed E-state index contributed by atoms with van der Waals surface area (Å²) in [5.74, 6) is -2.22. The lowest BCUT2D eigenvalue weighted by atomic mass is 9.99. The van der Waals surface area contributed by atoms with E-state index < -0.39 is 100 Å². The fraction of sp³-hybridized carbons (Fsp3) is 1.00. The van der Waals surface area contributed by atoms with Crippen LogP contribution >= 0.6 is 0 Å². The molecule has 2 fully saturated rings. The molecule has 0 aromatic heterocycles. The van der Waals surface area contributed by atoms with E-state index in [0.717, 1.165) is 0 Å². The van der Waals surface area contributed by atoms with Gasteiger partial charge in [-0.2, -0.15) is 0 Å². The molecule has 15 heteroatoms. The van der Waals surface area contributed by atoms with Crippen molar-refractivity contribution in [3.63, 3.8) is 0 Å². The topological polar surface area (TPSA) is 270 Å². The zero-order valence-electron chi connectivity index (χ0n) is 16.4. The fourth-order valence-electron chi connectivity index (χ4n) is 2.87. The van der Waals surface area contributed by atoms with Crippen molar-refractivity contribution in [2.75, 3.05) is 33.0 Å². The van der Waals surface area contributed by atoms with Gasteiger partial charge in [0, 0.05) is 0 Å². The molecule has 186 valence electrons. The number of ether oxygens (including phenoxy) is 3. The third-order valence-corrected chi connectivity index (χ3v) is 4.89. The largest absolute Gasteiger partial charge is 0.394 e. The molecule has 31 heavy (non-hydrogen) atoms. The lowest BCUT2D eigenvalue weighted by Gasteiger charge is -2.43. The molecule has 0 saturated carbocycles. The van der Waals surface area contributed by atoms with Crippen molar-refractivity contribution in [2.45, 2.75) is 67.0 Å². The van der Waals surface area contributed by atoms with Gasteiger partial charge in [0.1, 0.15) is 61.5 Å². The minimum absolute atomic E-state index is 0.526. The van der Waals surface area contributed by atoms with Crippen LogP contribution in [0.2, 0.25) is 0 Å². The molecule has 2 aliphatic rings. The smallest absolute Gasteiger partial charge is 0.224 e. The molecular formula is C16H32O15. The normalized spacial score (nSPS) is 42.6. The van der Waals surface area contributed by atoms with E-state index >= 15 is 0 Å². The Morgan fingerprint density at radius 1 is 0.710 bits per heavy atom. The van der Waals surface area contributed by atoms with Crippen molar-refractivity contribution in [1.82, 2.24) is 0 Å². The van der Waals surface area contributed by atoms with E-state index in [9.17, 15) is 30.6 Å². The second-order valence-corrected chi connectivity index (χ2v) is 7.06. The molecule has 0 aromatic carbocycles. The first-order valence-corrected chi connectivity index (χ1v) is 9.35. The fourth-order valence-corrected chi connectivity index (χ4v) is 2.87. The summed E-state index contributed by atoms with van der Waals surface area (Å²) < 4.78 is 15.4. The molecule has 2 unspecified atom stereocenters. The van der Waals surface area contributed by atoms with Crippen LogP contribution in [0.25, 0.3) is 0 Å². The lowest BCUT2D eigenvalue weighted by molar-refractivity contribution is -0.383. The van der Waals surface area contributed by atoms with E-state index in [1.165, 1.54) is 0 Å². The Balaban J connectivity index is 0.000000512. The standard InChI is InChI=1S/C12H22O11.C4H10O4/c13-1-4-6(16)8(18)9(19)11(21-4)23-12(3-15)10(20)7(17)5(2-14)22-12;5-1-3(7)4(8)2-6/h4-11,13-20H,1-3H2;3-8H,1-2H2/t4-,5-,6-,7-,8+,9-,10+,11-,12+;/m1./s1. The Kier molecular flexibility index (Phi) is 11.5. The first kappa shape index (κ1) is 28.4. The van der Waals surface area contributed by atoms with Gasteiger partial charge in [0.05, 0.1) is 26.4 Å². The summed E-state index contributed by atoms with van der Waals surface area (Å²) in [6, 6.07) is 0. The van der Waals surface area contributed by atoms with Gasteiger partial charge in [-0.05, 0) is 0 Å². The van der Waals surface area contributed by atoms with Gasteiger partial charge in [0.2, 0.25) is 5.79 Å². The molecule has 12 N–H and O–H groups in total. The summed E-state index contributed by atoms with van der Waals surface area (Å²) in [7, 11) is 0. The van der Waals surface area contributed by atoms with Crippen LogP contribution in [0.3, 0.4) is 0 Å². The number of aliphatic hydroxyl groups excluding tert-OH is 12. The van der Waals surface area contributed by atoms with Crippen LogP contribution in [0.4, 0.5) is 0 Å².